The number of nitrogens with two attached hydrogens (primary N) is 1. The molecule has 0 bridgehead atoms. The summed E-state index contributed by atoms with van der Waals surface area (Å²) in [4.78, 5) is 123. The number of nitrogens with one attached hydrogen (secondary N) is 5. The van der Waals surface area contributed by atoms with Gasteiger partial charge in [0.1, 0.15) is 36.1 Å². The fraction of sp³-hybridized carbons (Fsp3) is 0.552. The average molecular weight is 1130 g/mol. The second kappa shape index (κ2) is 30.4. The number of benzene rings is 2. The van der Waals surface area contributed by atoms with Gasteiger partial charge in [-0.25, -0.2) is 13.8 Å². The lowest BCUT2D eigenvalue weighted by molar-refractivity contribution is -0.142. The van der Waals surface area contributed by atoms with Gasteiger partial charge in [-0.15, -0.1) is 0 Å². The van der Waals surface area contributed by atoms with Gasteiger partial charge in [-0.1, -0.05) is 84.2 Å². The smallest absolute Gasteiger partial charge is 0.308 e. The van der Waals surface area contributed by atoms with Crippen molar-refractivity contribution in [2.75, 3.05) is 32.8 Å². The van der Waals surface area contributed by atoms with Gasteiger partial charge in [0.2, 0.25) is 35.4 Å². The summed E-state index contributed by atoms with van der Waals surface area (Å²) in [5, 5.41) is 33.9. The van der Waals surface area contributed by atoms with E-state index in [2.05, 4.69) is 26.6 Å². The van der Waals surface area contributed by atoms with Gasteiger partial charge >= 0.3 is 5.97 Å². The molecule has 0 spiro atoms. The zero-order chi connectivity index (χ0) is 59.6. The van der Waals surface area contributed by atoms with Crippen LogP contribution in [0.1, 0.15) is 130 Å². The van der Waals surface area contributed by atoms with Crippen LogP contribution < -0.4 is 32.3 Å². The highest BCUT2D eigenvalue weighted by Crippen LogP contribution is 2.40. The quantitative estimate of drug-likeness (QED) is 0.0334. The largest absolute Gasteiger partial charge is 0.481 e. The fourth-order valence-corrected chi connectivity index (χ4v) is 10.1. The van der Waals surface area contributed by atoms with E-state index in [0.717, 1.165) is 28.7 Å². The highest BCUT2D eigenvalue weighted by atomic mass is 19.1. The minimum absolute atomic E-state index is 0.0474. The molecule has 9 N–H and O–H groups in total. The van der Waals surface area contributed by atoms with Gasteiger partial charge in [-0.3, -0.25) is 48.1 Å². The molecule has 0 unspecified atom stereocenters. The Kier molecular flexibility index (Phi) is 24.2. The number of imidazole rings is 1. The Morgan fingerprint density at radius 3 is 2.21 bits per heavy atom. The van der Waals surface area contributed by atoms with Crippen LogP contribution in [-0.2, 0) is 49.7 Å². The van der Waals surface area contributed by atoms with Gasteiger partial charge in [0.05, 0.1) is 29.6 Å². The third kappa shape index (κ3) is 18.8. The van der Waals surface area contributed by atoms with Crippen LogP contribution in [0, 0.1) is 34.8 Å². The number of aliphatic carboxylic acids is 1. The number of rotatable bonds is 31. The number of hydrogen-bond donors (Lipinski definition) is 8. The summed E-state index contributed by atoms with van der Waals surface area (Å²) in [6, 6.07) is 7.89. The number of hydrogen-bond acceptors (Lipinski definition) is 12. The molecule has 2 heterocycles. The van der Waals surface area contributed by atoms with E-state index in [9.17, 15) is 57.8 Å². The van der Waals surface area contributed by atoms with Gasteiger partial charge in [-0.05, 0) is 87.0 Å². The van der Waals surface area contributed by atoms with E-state index in [1.165, 1.54) is 24.0 Å². The fourth-order valence-electron chi connectivity index (χ4n) is 10.1. The van der Waals surface area contributed by atoms with Crippen LogP contribution in [-0.4, -0.2) is 140 Å². The van der Waals surface area contributed by atoms with E-state index in [1.807, 2.05) is 51.1 Å². The lowest BCUT2D eigenvalue weighted by atomic mass is 9.84. The van der Waals surface area contributed by atoms with Crippen molar-refractivity contribution in [3.63, 3.8) is 0 Å². The van der Waals surface area contributed by atoms with Gasteiger partial charge in [0.15, 0.2) is 0 Å². The molecule has 0 saturated heterocycles. The summed E-state index contributed by atoms with van der Waals surface area (Å²) >= 11 is 0. The van der Waals surface area contributed by atoms with Crippen LogP contribution in [0.25, 0.3) is 11.3 Å². The predicted molar refractivity (Wildman–Crippen MR) is 296 cm³/mol. The molecule has 21 nitrogen and oxygen atoms in total. The molecule has 8 amide bonds. The summed E-state index contributed by atoms with van der Waals surface area (Å²) in [6.07, 6.45) is 8.27. The number of aromatic nitrogens is 2. The van der Waals surface area contributed by atoms with Crippen LogP contribution in [0.5, 0.6) is 0 Å². The maximum Gasteiger partial charge on any atom is 0.308 e. The third-order valence-electron chi connectivity index (χ3n) is 14.6. The number of amides is 8. The number of halogens is 2. The van der Waals surface area contributed by atoms with Crippen molar-refractivity contribution in [2.24, 2.45) is 28.9 Å². The van der Waals surface area contributed by atoms with Crippen molar-refractivity contribution in [1.82, 2.24) is 45.9 Å². The number of carbonyl (C=O) groups excluding carboxylic acids is 8. The van der Waals surface area contributed by atoms with Crippen LogP contribution in [0.3, 0.4) is 0 Å². The summed E-state index contributed by atoms with van der Waals surface area (Å²) in [6.45, 7) is 10.1. The first-order chi connectivity index (χ1) is 38.4. The molecule has 1 aliphatic heterocycles. The van der Waals surface area contributed by atoms with E-state index in [0.29, 0.717) is 57.2 Å². The normalized spacial score (nSPS) is 17.0. The molecule has 23 heteroatoms. The lowest BCUT2D eigenvalue weighted by Gasteiger charge is -2.40. The van der Waals surface area contributed by atoms with Crippen molar-refractivity contribution in [1.29, 1.82) is 0 Å². The molecule has 1 fully saturated rings. The first kappa shape index (κ1) is 64.4. The number of carbonyl (C=O) groups is 9. The number of nitrogens with zero attached hydrogens (tertiary/aromatic N) is 4. The van der Waals surface area contributed by atoms with E-state index in [4.69, 9.17) is 10.7 Å². The van der Waals surface area contributed by atoms with Gasteiger partial charge in [-0.2, -0.15) is 0 Å². The first-order valence-electron chi connectivity index (χ1n) is 27.8. The third-order valence-corrected chi connectivity index (χ3v) is 14.6. The number of carboxylic acid groups (broad SMARTS) is 1. The van der Waals surface area contributed by atoms with Crippen LogP contribution in [0.15, 0.2) is 66.9 Å². The Labute approximate surface area is 471 Å². The van der Waals surface area contributed by atoms with Crippen molar-refractivity contribution >= 4 is 53.2 Å². The minimum atomic E-state index is -1.14. The highest BCUT2D eigenvalue weighted by molar-refractivity contribution is 6.12. The lowest BCUT2D eigenvalue weighted by Crippen LogP contribution is -2.54. The molecular formula is C58H80F2N10O11. The SMILES string of the molecule is CC(C)[C@H](NC(=O)CCCCCN1C(=O)C=CC1=O)C(=O)N[C@@H](C)C(=O)NC[C@@H](CCCCNC(=O)[C@H]1CCC[C@H]1NC(=O)[C@@H](N)CCN(C(=O)CO)[C@@H](c1nc(-c2cc(F)ccc2F)cn1Cc1ccccc1)C(C)(C)C)C(=O)O. The van der Waals surface area contributed by atoms with Gasteiger partial charge < -0.3 is 52.0 Å². The second-order valence-electron chi connectivity index (χ2n) is 22.3. The highest BCUT2D eigenvalue weighted by Gasteiger charge is 2.40. The summed E-state index contributed by atoms with van der Waals surface area (Å²) in [7, 11) is 0. The monoisotopic (exact) mass is 1130 g/mol. The number of aliphatic hydroxyl groups is 1. The topological polar surface area (TPSA) is 305 Å². The van der Waals surface area contributed by atoms with Crippen molar-refractivity contribution in [3.05, 3.63) is 89.9 Å². The Balaban J connectivity index is 1.07. The van der Waals surface area contributed by atoms with Gasteiger partial charge in [0, 0.05) is 69.1 Å². The Bertz CT molecular complexity index is 2710. The van der Waals surface area contributed by atoms with Crippen molar-refractivity contribution in [3.8, 4) is 11.3 Å². The van der Waals surface area contributed by atoms with E-state index in [1.54, 1.807) is 24.6 Å². The molecule has 2 aliphatic rings. The number of unbranched alkanes of at least 4 members (excludes halogenated alkanes) is 3. The Hall–Kier alpha value is -7.40. The maximum atomic E-state index is 15.2. The van der Waals surface area contributed by atoms with E-state index >= 15 is 4.39 Å². The molecule has 1 saturated carbocycles. The molecule has 3 aromatic rings. The molecule has 1 aromatic heterocycles. The molecule has 81 heavy (non-hydrogen) atoms. The van der Waals surface area contributed by atoms with E-state index in [-0.39, 0.29) is 92.8 Å². The second-order valence-corrected chi connectivity index (χ2v) is 22.3. The zero-order valence-electron chi connectivity index (χ0n) is 47.2. The first-order valence-corrected chi connectivity index (χ1v) is 27.8. The Morgan fingerprint density at radius 1 is 0.852 bits per heavy atom. The van der Waals surface area contributed by atoms with Crippen LogP contribution >= 0.6 is 0 Å². The molecule has 7 atom stereocenters. The number of imide groups is 1. The van der Waals surface area contributed by atoms with Crippen LogP contribution in [0.2, 0.25) is 0 Å². The number of aliphatic hydroxyl groups excluding tert-OH is 1. The average Bonchev–Trinajstić information content (AvgIpc) is 4.36. The van der Waals surface area contributed by atoms with Crippen molar-refractivity contribution < 1.29 is 62.1 Å². The van der Waals surface area contributed by atoms with Gasteiger partial charge in [0.25, 0.3) is 11.8 Å². The molecule has 2 aromatic carbocycles. The number of carboxylic acids is 1. The summed E-state index contributed by atoms with van der Waals surface area (Å²) in [5.74, 6) is -7.86. The standard InChI is InChI=1S/C58H80F2N10O11/c1-35(2)50(67-46(72)21-11-8-14-28-69-47(73)24-25-48(69)74)56(79)64-36(3)53(76)63-31-38(57(80)81)18-12-13-27-62-54(77)40-19-15-20-44(40)66-55(78)43(61)26-29-70(49(75)34-71)51(58(4,5)6)52-65-45(41-30-39(59)22-23-42(41)60)33-68(52)32-37-16-9-7-10-17-37/h7,9-10,16-17,22-25,30,33,35-36,38,40,43-44,50-51,71H,8,11-15,18-21,26-29,31-32,34,61H2,1-6H3,(H,62,77)(H,63,76)(H,64,79)(H,66,78)(H,67,72)(H,80,81)/t36-,38+,40-,43-,44+,50-,51-/m0/s1. The summed E-state index contributed by atoms with van der Waals surface area (Å²) < 4.78 is 31.4. The molecule has 1 aliphatic carbocycles. The molecule has 5 rings (SSSR count). The van der Waals surface area contributed by atoms with Crippen molar-refractivity contribution in [2.45, 2.75) is 149 Å². The molecular weight excluding hydrogens is 1050 g/mol. The predicted octanol–water partition coefficient (Wildman–Crippen LogP) is 4.02. The molecule has 442 valence electrons. The minimum Gasteiger partial charge on any atom is -0.481 e. The van der Waals surface area contributed by atoms with E-state index < -0.39 is 95.3 Å². The maximum absolute atomic E-state index is 15.2. The molecule has 0 radical (unpaired) electrons. The van der Waals surface area contributed by atoms with Crippen LogP contribution in [0.4, 0.5) is 8.78 Å². The zero-order valence-corrected chi connectivity index (χ0v) is 47.2. The Morgan fingerprint density at radius 2 is 1.56 bits per heavy atom. The summed E-state index contributed by atoms with van der Waals surface area (Å²) in [5.41, 5.74) is 6.65.